The van der Waals surface area contributed by atoms with Gasteiger partial charge in [0.25, 0.3) is 0 Å². The molecule has 0 atom stereocenters. The van der Waals surface area contributed by atoms with Crippen molar-refractivity contribution in [3.05, 3.63) is 35.4 Å². The van der Waals surface area contributed by atoms with E-state index in [0.29, 0.717) is 26.1 Å². The van der Waals surface area contributed by atoms with Crippen LogP contribution in [-0.2, 0) is 21.3 Å². The lowest BCUT2D eigenvalue weighted by Crippen LogP contribution is -2.37. The molecule has 1 aromatic rings. The molecule has 1 aliphatic rings. The highest BCUT2D eigenvalue weighted by Crippen LogP contribution is 2.15. The fraction of sp³-hybridized carbons (Fsp3) is 0.467. The lowest BCUT2D eigenvalue weighted by atomic mass is 10.1. The third-order valence-corrected chi connectivity index (χ3v) is 5.22. The summed E-state index contributed by atoms with van der Waals surface area (Å²) in [5, 5.41) is 8.30. The zero-order chi connectivity index (χ0) is 15.1. The van der Waals surface area contributed by atoms with Crippen LogP contribution in [0.5, 0.6) is 0 Å². The number of ether oxygens (including phenoxy) is 1. The van der Waals surface area contributed by atoms with Gasteiger partial charge in [-0.2, -0.15) is 0 Å². The van der Waals surface area contributed by atoms with Gasteiger partial charge in [-0.3, -0.25) is 0 Å². The molecule has 0 saturated carbocycles. The maximum Gasteiger partial charge on any atom is 0.214 e. The van der Waals surface area contributed by atoms with E-state index in [4.69, 9.17) is 9.84 Å². The van der Waals surface area contributed by atoms with Crippen LogP contribution in [0.3, 0.4) is 0 Å². The van der Waals surface area contributed by atoms with Crippen molar-refractivity contribution < 1.29 is 18.3 Å². The second-order valence-electron chi connectivity index (χ2n) is 4.84. The number of aliphatic hydroxyl groups excluding tert-OH is 1. The fourth-order valence-electron chi connectivity index (χ4n) is 2.19. The van der Waals surface area contributed by atoms with Crippen LogP contribution < -0.4 is 4.72 Å². The van der Waals surface area contributed by atoms with Gasteiger partial charge in [-0.1, -0.05) is 24.0 Å². The predicted octanol–water partition coefficient (Wildman–Crippen LogP) is 0.629. The lowest BCUT2D eigenvalue weighted by molar-refractivity contribution is 0.0981. The van der Waals surface area contributed by atoms with Crippen molar-refractivity contribution in [2.24, 2.45) is 0 Å². The Morgan fingerprint density at radius 3 is 2.81 bits per heavy atom. The molecular weight excluding hydrogens is 290 g/mol. The predicted molar refractivity (Wildman–Crippen MR) is 80.0 cm³/mol. The van der Waals surface area contributed by atoms with E-state index in [2.05, 4.69) is 16.6 Å². The van der Waals surface area contributed by atoms with E-state index < -0.39 is 10.0 Å². The van der Waals surface area contributed by atoms with E-state index in [1.807, 2.05) is 24.3 Å². The van der Waals surface area contributed by atoms with Gasteiger partial charge in [-0.15, -0.1) is 0 Å². The summed E-state index contributed by atoms with van der Waals surface area (Å²) in [4.78, 5) is 0. The Labute approximate surface area is 125 Å². The van der Waals surface area contributed by atoms with Crippen molar-refractivity contribution >= 4 is 10.0 Å². The highest BCUT2D eigenvalue weighted by atomic mass is 32.2. The molecule has 0 aromatic heterocycles. The summed E-state index contributed by atoms with van der Waals surface area (Å²) in [7, 11) is -3.32. The van der Waals surface area contributed by atoms with Gasteiger partial charge in [0.15, 0.2) is 0 Å². The molecule has 5 nitrogen and oxygen atoms in total. The molecule has 2 rings (SSSR count). The van der Waals surface area contributed by atoms with Crippen molar-refractivity contribution in [1.82, 2.24) is 4.72 Å². The zero-order valence-electron chi connectivity index (χ0n) is 11.7. The van der Waals surface area contributed by atoms with Crippen molar-refractivity contribution in [2.75, 3.05) is 19.8 Å². The van der Waals surface area contributed by atoms with Gasteiger partial charge in [-0.25, -0.2) is 13.1 Å². The van der Waals surface area contributed by atoms with Crippen molar-refractivity contribution in [3.8, 4) is 11.8 Å². The van der Waals surface area contributed by atoms with Gasteiger partial charge in [-0.05, 0) is 30.5 Å². The summed E-state index contributed by atoms with van der Waals surface area (Å²) in [5.41, 5.74) is 1.60. The summed E-state index contributed by atoms with van der Waals surface area (Å²) >= 11 is 0. The third-order valence-electron chi connectivity index (χ3n) is 3.32. The zero-order valence-corrected chi connectivity index (χ0v) is 12.5. The lowest BCUT2D eigenvalue weighted by Gasteiger charge is -2.22. The first-order valence-corrected chi connectivity index (χ1v) is 8.41. The van der Waals surface area contributed by atoms with Gasteiger partial charge in [0.05, 0.1) is 5.25 Å². The summed E-state index contributed by atoms with van der Waals surface area (Å²) in [6.07, 6.45) is 1.08. The highest BCUT2D eigenvalue weighted by molar-refractivity contribution is 7.90. The van der Waals surface area contributed by atoms with Crippen LogP contribution in [0.15, 0.2) is 24.3 Å². The largest absolute Gasteiger partial charge is 0.384 e. The van der Waals surface area contributed by atoms with Gasteiger partial charge < -0.3 is 9.84 Å². The van der Waals surface area contributed by atoms with Crippen LogP contribution in [0.2, 0.25) is 0 Å². The summed E-state index contributed by atoms with van der Waals surface area (Å²) in [6, 6.07) is 7.30. The maximum absolute atomic E-state index is 12.2. The normalized spacial score (nSPS) is 16.2. The average Bonchev–Trinajstić information content (AvgIpc) is 2.52. The Morgan fingerprint density at radius 2 is 2.10 bits per heavy atom. The van der Waals surface area contributed by atoms with Crippen LogP contribution in [0, 0.1) is 11.8 Å². The minimum atomic E-state index is -3.32. The van der Waals surface area contributed by atoms with Crippen LogP contribution >= 0.6 is 0 Å². The molecule has 1 fully saturated rings. The Bertz CT molecular complexity index is 625. The molecule has 1 aromatic carbocycles. The summed E-state index contributed by atoms with van der Waals surface area (Å²) in [5.74, 6) is 5.37. The number of sulfonamides is 1. The first kappa shape index (κ1) is 16.0. The molecule has 0 aliphatic carbocycles. The maximum atomic E-state index is 12.2. The Kier molecular flexibility index (Phi) is 5.76. The molecule has 0 bridgehead atoms. The molecule has 0 unspecified atom stereocenters. The molecule has 6 heteroatoms. The molecule has 1 saturated heterocycles. The van der Waals surface area contributed by atoms with E-state index in [0.717, 1.165) is 11.1 Å². The number of benzene rings is 1. The molecule has 114 valence electrons. The summed E-state index contributed by atoms with van der Waals surface area (Å²) in [6.45, 7) is 1.05. The van der Waals surface area contributed by atoms with E-state index in [-0.39, 0.29) is 18.4 Å². The van der Waals surface area contributed by atoms with Gasteiger partial charge in [0.2, 0.25) is 10.0 Å². The average molecular weight is 309 g/mol. The standard InChI is InChI=1S/C15H19NO4S/c17-8-2-5-13-3-1-4-14(11-13)12-16-21(18,19)15-6-9-20-10-7-15/h1,3-4,11,15-17H,6-10,12H2. The molecule has 1 heterocycles. The SMILES string of the molecule is O=S(=O)(NCc1cccc(C#CCO)c1)C1CCOCC1. The number of hydrogen-bond acceptors (Lipinski definition) is 4. The second-order valence-corrected chi connectivity index (χ2v) is 6.88. The molecule has 0 spiro atoms. The second kappa shape index (κ2) is 7.57. The minimum absolute atomic E-state index is 0.194. The highest BCUT2D eigenvalue weighted by Gasteiger charge is 2.27. The number of hydrogen-bond donors (Lipinski definition) is 2. The Balaban J connectivity index is 1.98. The monoisotopic (exact) mass is 309 g/mol. The molecular formula is C15H19NO4S. The number of nitrogens with one attached hydrogen (secondary N) is 1. The first-order valence-electron chi connectivity index (χ1n) is 6.87. The van der Waals surface area contributed by atoms with Gasteiger partial charge in [0.1, 0.15) is 6.61 Å². The first-order chi connectivity index (χ1) is 10.1. The summed E-state index contributed by atoms with van der Waals surface area (Å²) < 4.78 is 32.2. The smallest absolute Gasteiger partial charge is 0.214 e. The minimum Gasteiger partial charge on any atom is -0.384 e. The van der Waals surface area contributed by atoms with E-state index in [1.165, 1.54) is 0 Å². The molecule has 0 radical (unpaired) electrons. The van der Waals surface area contributed by atoms with Crippen LogP contribution in [0.1, 0.15) is 24.0 Å². The fourth-order valence-corrected chi connectivity index (χ4v) is 3.61. The number of rotatable bonds is 4. The van der Waals surface area contributed by atoms with Crippen LogP contribution in [0.4, 0.5) is 0 Å². The van der Waals surface area contributed by atoms with E-state index >= 15 is 0 Å². The van der Waals surface area contributed by atoms with Gasteiger partial charge in [0, 0.05) is 25.3 Å². The van der Waals surface area contributed by atoms with Crippen LogP contribution in [0.25, 0.3) is 0 Å². The van der Waals surface area contributed by atoms with Gasteiger partial charge >= 0.3 is 0 Å². The van der Waals surface area contributed by atoms with Crippen molar-refractivity contribution in [1.29, 1.82) is 0 Å². The molecule has 2 N–H and O–H groups in total. The number of aliphatic hydroxyl groups is 1. The topological polar surface area (TPSA) is 75.6 Å². The molecule has 1 aliphatic heterocycles. The Hall–Kier alpha value is -1.39. The molecule has 0 amide bonds. The third kappa shape index (κ3) is 4.83. The quantitative estimate of drug-likeness (QED) is 0.800. The van der Waals surface area contributed by atoms with Crippen molar-refractivity contribution in [3.63, 3.8) is 0 Å². The van der Waals surface area contributed by atoms with Crippen molar-refractivity contribution in [2.45, 2.75) is 24.6 Å². The molecule has 21 heavy (non-hydrogen) atoms. The van der Waals surface area contributed by atoms with Crippen LogP contribution in [-0.4, -0.2) is 38.6 Å². The van der Waals surface area contributed by atoms with E-state index in [1.54, 1.807) is 0 Å². The van der Waals surface area contributed by atoms with E-state index in [9.17, 15) is 8.42 Å². The Morgan fingerprint density at radius 1 is 1.33 bits per heavy atom.